The van der Waals surface area contributed by atoms with E-state index in [2.05, 4.69) is 10.2 Å². The fourth-order valence-electron chi connectivity index (χ4n) is 4.21. The number of nitrogens with zero attached hydrogens (tertiary/aromatic N) is 5. The van der Waals surface area contributed by atoms with E-state index >= 15 is 0 Å². The molecule has 1 amide bonds. The summed E-state index contributed by atoms with van der Waals surface area (Å²) in [6.45, 7) is 15.0. The van der Waals surface area contributed by atoms with Crippen LogP contribution in [0.25, 0.3) is 11.2 Å². The van der Waals surface area contributed by atoms with Crippen LogP contribution in [0.15, 0.2) is 21.2 Å². The first kappa shape index (κ1) is 25.6. The van der Waals surface area contributed by atoms with Gasteiger partial charge in [0.25, 0.3) is 5.56 Å². The van der Waals surface area contributed by atoms with E-state index in [0.717, 1.165) is 29.5 Å². The maximum Gasteiger partial charge on any atom is 0.407 e. The van der Waals surface area contributed by atoms with Gasteiger partial charge < -0.3 is 19.5 Å². The Bertz CT molecular complexity index is 1210. The van der Waals surface area contributed by atoms with Crippen LogP contribution in [0.5, 0.6) is 0 Å². The van der Waals surface area contributed by atoms with E-state index in [1.165, 1.54) is 7.05 Å². The summed E-state index contributed by atoms with van der Waals surface area (Å²) in [7, 11) is 1.50. The molecule has 188 valence electrons. The highest BCUT2D eigenvalue weighted by atomic mass is 16.6. The Labute approximate surface area is 200 Å². The van der Waals surface area contributed by atoms with Gasteiger partial charge in [0.05, 0.1) is 0 Å². The number of nitrogens with one attached hydrogen (secondary N) is 1. The standard InChI is InChI=1S/C24H38N6O4/c1-15(2)11-13-29-18-19(30(16(3)4)23(33)27(8)20(18)31)26-21(29)28-12-9-10-17(14-28)25-22(32)34-24(5,6)7/h11,16-17H,9-10,12-14H2,1-8H3,(H,25,32). The van der Waals surface area contributed by atoms with Gasteiger partial charge in [0.1, 0.15) is 5.60 Å². The summed E-state index contributed by atoms with van der Waals surface area (Å²) in [5, 5.41) is 2.96. The second-order valence-corrected chi connectivity index (χ2v) is 10.5. The Kier molecular flexibility index (Phi) is 7.28. The lowest BCUT2D eigenvalue weighted by Crippen LogP contribution is -2.49. The number of ether oxygens (including phenoxy) is 1. The summed E-state index contributed by atoms with van der Waals surface area (Å²) in [6.07, 6.45) is 3.26. The van der Waals surface area contributed by atoms with Gasteiger partial charge >= 0.3 is 11.8 Å². The second kappa shape index (κ2) is 9.68. The van der Waals surface area contributed by atoms with Gasteiger partial charge in [-0.15, -0.1) is 0 Å². The van der Waals surface area contributed by atoms with E-state index < -0.39 is 11.7 Å². The van der Waals surface area contributed by atoms with Gasteiger partial charge in [0, 0.05) is 38.8 Å². The van der Waals surface area contributed by atoms with E-state index in [-0.39, 0.29) is 23.3 Å². The van der Waals surface area contributed by atoms with E-state index in [4.69, 9.17) is 9.72 Å². The molecule has 2 aromatic heterocycles. The number of carbonyl (C=O) groups is 1. The molecule has 3 rings (SSSR count). The topological polar surface area (TPSA) is 103 Å². The van der Waals surface area contributed by atoms with Crippen molar-refractivity contribution in [2.75, 3.05) is 18.0 Å². The molecule has 10 heteroatoms. The number of anilines is 1. The Morgan fingerprint density at radius 1 is 1.26 bits per heavy atom. The van der Waals surface area contributed by atoms with Gasteiger partial charge in [-0.1, -0.05) is 11.6 Å². The predicted molar refractivity (Wildman–Crippen MR) is 134 cm³/mol. The Morgan fingerprint density at radius 3 is 2.53 bits per heavy atom. The molecule has 0 bridgehead atoms. The summed E-state index contributed by atoms with van der Waals surface area (Å²) in [4.78, 5) is 45.3. The molecule has 0 radical (unpaired) electrons. The molecule has 1 aliphatic heterocycles. The molecule has 3 heterocycles. The second-order valence-electron chi connectivity index (χ2n) is 10.5. The molecule has 2 aromatic rings. The van der Waals surface area contributed by atoms with Crippen LogP contribution in [0.2, 0.25) is 0 Å². The van der Waals surface area contributed by atoms with E-state index in [0.29, 0.717) is 30.2 Å². The van der Waals surface area contributed by atoms with Crippen molar-refractivity contribution in [2.45, 2.75) is 85.5 Å². The third-order valence-corrected chi connectivity index (χ3v) is 5.78. The van der Waals surface area contributed by atoms with Crippen molar-refractivity contribution in [1.82, 2.24) is 24.0 Å². The SMILES string of the molecule is CC(C)=CCn1c(N2CCCC(NC(=O)OC(C)(C)C)C2)nc2c1c(=O)n(C)c(=O)n2C(C)C. The first-order valence-corrected chi connectivity index (χ1v) is 11.9. The number of rotatable bonds is 5. The fraction of sp³-hybridized carbons (Fsp3) is 0.667. The van der Waals surface area contributed by atoms with Gasteiger partial charge in [-0.2, -0.15) is 4.98 Å². The molecule has 0 aliphatic carbocycles. The Morgan fingerprint density at radius 2 is 1.94 bits per heavy atom. The normalized spacial score (nSPS) is 16.7. The van der Waals surface area contributed by atoms with Crippen molar-refractivity contribution in [1.29, 1.82) is 0 Å². The highest BCUT2D eigenvalue weighted by molar-refractivity contribution is 5.75. The zero-order valence-electron chi connectivity index (χ0n) is 21.6. The molecule has 0 saturated carbocycles. The average Bonchev–Trinajstić information content (AvgIpc) is 3.08. The minimum absolute atomic E-state index is 0.115. The molecule has 34 heavy (non-hydrogen) atoms. The molecule has 1 atom stereocenters. The van der Waals surface area contributed by atoms with Crippen molar-refractivity contribution in [3.8, 4) is 0 Å². The molecule has 1 N–H and O–H groups in total. The van der Waals surface area contributed by atoms with E-state index in [1.807, 2.05) is 59.1 Å². The quantitative estimate of drug-likeness (QED) is 0.669. The molecule has 0 spiro atoms. The van der Waals surface area contributed by atoms with Crippen molar-refractivity contribution in [3.63, 3.8) is 0 Å². The minimum atomic E-state index is -0.572. The van der Waals surface area contributed by atoms with Crippen LogP contribution in [0.4, 0.5) is 10.7 Å². The van der Waals surface area contributed by atoms with Crippen LogP contribution in [-0.2, 0) is 18.3 Å². The van der Waals surface area contributed by atoms with Crippen LogP contribution in [0.1, 0.15) is 67.3 Å². The monoisotopic (exact) mass is 474 g/mol. The molecule has 1 fully saturated rings. The predicted octanol–water partition coefficient (Wildman–Crippen LogP) is 2.94. The number of allylic oxidation sites excluding steroid dienone is 2. The zero-order valence-corrected chi connectivity index (χ0v) is 21.6. The molecule has 10 nitrogen and oxygen atoms in total. The number of fused-ring (bicyclic) bond motifs is 1. The summed E-state index contributed by atoms with van der Waals surface area (Å²) < 4.78 is 10.0. The largest absolute Gasteiger partial charge is 0.444 e. The van der Waals surface area contributed by atoms with Gasteiger partial charge in [-0.3, -0.25) is 13.9 Å². The van der Waals surface area contributed by atoms with Gasteiger partial charge in [-0.05, 0) is 61.3 Å². The fourth-order valence-corrected chi connectivity index (χ4v) is 4.21. The number of hydrogen-bond acceptors (Lipinski definition) is 6. The minimum Gasteiger partial charge on any atom is -0.444 e. The lowest BCUT2D eigenvalue weighted by molar-refractivity contribution is 0.0499. The molecule has 1 saturated heterocycles. The summed E-state index contributed by atoms with van der Waals surface area (Å²) in [6, 6.07) is -0.278. The van der Waals surface area contributed by atoms with Crippen LogP contribution in [0.3, 0.4) is 0 Å². The highest BCUT2D eigenvalue weighted by Gasteiger charge is 2.29. The van der Waals surface area contributed by atoms with Crippen molar-refractivity contribution < 1.29 is 9.53 Å². The van der Waals surface area contributed by atoms with Crippen LogP contribution >= 0.6 is 0 Å². The number of piperidine rings is 1. The molecular formula is C24H38N6O4. The van der Waals surface area contributed by atoms with Crippen molar-refractivity contribution in [3.05, 3.63) is 32.5 Å². The summed E-state index contributed by atoms with van der Waals surface area (Å²) in [5.41, 5.74) is 0.599. The zero-order chi connectivity index (χ0) is 25.4. The van der Waals surface area contributed by atoms with Crippen LogP contribution < -0.4 is 21.5 Å². The maximum absolute atomic E-state index is 13.2. The van der Waals surface area contributed by atoms with E-state index in [9.17, 15) is 14.4 Å². The number of alkyl carbamates (subject to hydrolysis) is 1. The van der Waals surface area contributed by atoms with Crippen molar-refractivity contribution in [2.24, 2.45) is 7.05 Å². The molecule has 0 aromatic carbocycles. The lowest BCUT2D eigenvalue weighted by Gasteiger charge is -2.34. The summed E-state index contributed by atoms with van der Waals surface area (Å²) >= 11 is 0. The number of amides is 1. The first-order valence-electron chi connectivity index (χ1n) is 11.9. The molecule has 1 unspecified atom stereocenters. The first-order chi connectivity index (χ1) is 15.8. The third-order valence-electron chi connectivity index (χ3n) is 5.78. The third kappa shape index (κ3) is 5.37. The maximum atomic E-state index is 13.2. The molecular weight excluding hydrogens is 436 g/mol. The van der Waals surface area contributed by atoms with Gasteiger partial charge in [0.15, 0.2) is 11.2 Å². The van der Waals surface area contributed by atoms with Crippen molar-refractivity contribution >= 4 is 23.2 Å². The number of aromatic nitrogens is 4. The lowest BCUT2D eigenvalue weighted by atomic mass is 10.1. The Balaban J connectivity index is 2.08. The van der Waals surface area contributed by atoms with Gasteiger partial charge in [0.2, 0.25) is 5.95 Å². The molecule has 1 aliphatic rings. The van der Waals surface area contributed by atoms with Gasteiger partial charge in [-0.25, -0.2) is 9.59 Å². The number of hydrogen-bond donors (Lipinski definition) is 1. The summed E-state index contributed by atoms with van der Waals surface area (Å²) in [5.74, 6) is 0.625. The highest BCUT2D eigenvalue weighted by Crippen LogP contribution is 2.25. The average molecular weight is 475 g/mol. The van der Waals surface area contributed by atoms with E-state index in [1.54, 1.807) is 4.57 Å². The Hall–Kier alpha value is -3.04. The van der Waals surface area contributed by atoms with Crippen LogP contribution in [0, 0.1) is 0 Å². The number of carbonyl (C=O) groups excluding carboxylic acids is 1. The van der Waals surface area contributed by atoms with Crippen LogP contribution in [-0.4, -0.2) is 49.5 Å². The smallest absolute Gasteiger partial charge is 0.407 e. The number of imidazole rings is 1.